The van der Waals surface area contributed by atoms with E-state index in [0.29, 0.717) is 21.9 Å². The lowest BCUT2D eigenvalue weighted by atomic mass is 10.1. The zero-order chi connectivity index (χ0) is 23.9. The van der Waals surface area contributed by atoms with Crippen LogP contribution in [-0.4, -0.2) is 26.6 Å². The minimum Gasteiger partial charge on any atom is -0.397 e. The summed E-state index contributed by atoms with van der Waals surface area (Å²) in [6.45, 7) is 5.21. The lowest BCUT2D eigenvalue weighted by molar-refractivity contribution is -0.114. The second-order valence-electron chi connectivity index (χ2n) is 7.37. The Hall–Kier alpha value is -4.32. The molecule has 0 bridgehead atoms. The number of carbonyl (C=O) groups is 2. The fourth-order valence-corrected chi connectivity index (χ4v) is 4.49. The molecule has 3 heterocycles. The van der Waals surface area contributed by atoms with Gasteiger partial charge in [0.15, 0.2) is 17.3 Å². The lowest BCUT2D eigenvalue weighted by Gasteiger charge is -2.02. The molecule has 33 heavy (non-hydrogen) atoms. The first-order valence-corrected chi connectivity index (χ1v) is 10.6. The van der Waals surface area contributed by atoms with E-state index in [1.54, 1.807) is 24.3 Å². The molecule has 0 atom stereocenters. The summed E-state index contributed by atoms with van der Waals surface area (Å²) in [4.78, 5) is 29.7. The molecule has 0 aliphatic heterocycles. The summed E-state index contributed by atoms with van der Waals surface area (Å²) < 4.78 is 0.965. The van der Waals surface area contributed by atoms with E-state index in [-0.39, 0.29) is 28.1 Å². The van der Waals surface area contributed by atoms with Crippen molar-refractivity contribution in [3.05, 3.63) is 46.5 Å². The van der Waals surface area contributed by atoms with E-state index in [9.17, 15) is 9.59 Å². The molecule has 0 fully saturated rings. The van der Waals surface area contributed by atoms with Crippen LogP contribution in [0.2, 0.25) is 0 Å². The maximum Gasteiger partial charge on any atom is 0.292 e. The molecule has 0 radical (unpaired) electrons. The molecule has 1 amide bonds. The zero-order valence-corrected chi connectivity index (χ0v) is 18.9. The van der Waals surface area contributed by atoms with Crippen LogP contribution >= 0.6 is 11.3 Å². The van der Waals surface area contributed by atoms with Gasteiger partial charge in [-0.1, -0.05) is 0 Å². The van der Waals surface area contributed by atoms with Crippen molar-refractivity contribution in [1.82, 2.24) is 14.8 Å². The number of nitrogens with one attached hydrogen (secondary N) is 1. The Morgan fingerprint density at radius 1 is 1.09 bits per heavy atom. The van der Waals surface area contributed by atoms with E-state index >= 15 is 0 Å². The molecule has 4 rings (SSSR count). The van der Waals surface area contributed by atoms with Crippen LogP contribution in [0.3, 0.4) is 0 Å². The molecular weight excluding hydrogens is 442 g/mol. The number of nitrogens with two attached hydrogens (primary N) is 3. The first-order chi connectivity index (χ1) is 15.7. The van der Waals surface area contributed by atoms with Crippen LogP contribution < -0.4 is 22.5 Å². The number of azo groups is 1. The van der Waals surface area contributed by atoms with Gasteiger partial charge in [-0.3, -0.25) is 9.59 Å². The molecule has 3 aromatic heterocycles. The van der Waals surface area contributed by atoms with Crippen molar-refractivity contribution < 1.29 is 9.59 Å². The lowest BCUT2D eigenvalue weighted by Crippen LogP contribution is -2.16. The third-order valence-electron chi connectivity index (χ3n) is 4.79. The van der Waals surface area contributed by atoms with Crippen LogP contribution in [0.4, 0.5) is 34.4 Å². The van der Waals surface area contributed by atoms with Crippen molar-refractivity contribution in [3.63, 3.8) is 0 Å². The smallest absolute Gasteiger partial charge is 0.292 e. The number of pyridine rings is 1. The Bertz CT molecular complexity index is 1430. The summed E-state index contributed by atoms with van der Waals surface area (Å²) in [6.07, 6.45) is 0. The van der Waals surface area contributed by atoms with Crippen molar-refractivity contribution in [2.24, 2.45) is 10.2 Å². The number of nitrogens with zero attached hydrogens (tertiary/aromatic N) is 5. The van der Waals surface area contributed by atoms with Crippen molar-refractivity contribution in [1.29, 1.82) is 0 Å². The maximum atomic E-state index is 13.2. The first kappa shape index (κ1) is 21.9. The predicted octanol–water partition coefficient (Wildman–Crippen LogP) is 3.92. The topological polar surface area (TPSA) is 180 Å². The third kappa shape index (κ3) is 4.11. The molecule has 7 N–H and O–H groups in total. The van der Waals surface area contributed by atoms with E-state index in [1.165, 1.54) is 18.3 Å². The highest BCUT2D eigenvalue weighted by Gasteiger charge is 2.25. The Labute approximate surface area is 192 Å². The van der Waals surface area contributed by atoms with E-state index in [0.717, 1.165) is 21.3 Å². The summed E-state index contributed by atoms with van der Waals surface area (Å²) >= 11 is 1.17. The molecule has 4 aromatic rings. The molecule has 0 saturated heterocycles. The summed E-state index contributed by atoms with van der Waals surface area (Å²) in [5.41, 5.74) is 21.6. The molecule has 0 aliphatic rings. The number of thiophene rings is 1. The number of aryl methyl sites for hydroxylation is 2. The van der Waals surface area contributed by atoms with Crippen LogP contribution in [0, 0.1) is 13.8 Å². The number of rotatable bonds is 4. The van der Waals surface area contributed by atoms with Gasteiger partial charge in [0.1, 0.15) is 9.71 Å². The second-order valence-corrected chi connectivity index (χ2v) is 8.37. The number of aromatic nitrogens is 3. The van der Waals surface area contributed by atoms with Crippen molar-refractivity contribution >= 4 is 67.8 Å². The van der Waals surface area contributed by atoms with Gasteiger partial charge in [-0.15, -0.1) is 21.5 Å². The first-order valence-electron chi connectivity index (χ1n) is 9.80. The maximum absolute atomic E-state index is 13.2. The molecular formula is C21H21N9O2S. The minimum absolute atomic E-state index is 0.0516. The van der Waals surface area contributed by atoms with Gasteiger partial charge in [-0.05, 0) is 49.7 Å². The Kier molecular flexibility index (Phi) is 5.52. The van der Waals surface area contributed by atoms with Gasteiger partial charge in [0.2, 0.25) is 5.91 Å². The quantitative estimate of drug-likeness (QED) is 0.331. The van der Waals surface area contributed by atoms with Gasteiger partial charge in [-0.25, -0.2) is 4.98 Å². The highest BCUT2D eigenvalue weighted by Crippen LogP contribution is 2.37. The van der Waals surface area contributed by atoms with Crippen LogP contribution in [0.15, 0.2) is 40.6 Å². The van der Waals surface area contributed by atoms with Crippen LogP contribution in [0.25, 0.3) is 10.2 Å². The molecule has 12 heteroatoms. The zero-order valence-electron chi connectivity index (χ0n) is 18.1. The number of hydrogen-bond donors (Lipinski definition) is 4. The van der Waals surface area contributed by atoms with Crippen LogP contribution in [0.1, 0.15) is 27.9 Å². The summed E-state index contributed by atoms with van der Waals surface area (Å²) in [6, 6.07) is 8.58. The van der Waals surface area contributed by atoms with Gasteiger partial charge in [0.05, 0.1) is 11.4 Å². The summed E-state index contributed by atoms with van der Waals surface area (Å²) in [5, 5.41) is 15.6. The highest BCUT2D eigenvalue weighted by molar-refractivity contribution is 7.21. The largest absolute Gasteiger partial charge is 0.397 e. The number of fused-ring (bicyclic) bond motifs is 1. The van der Waals surface area contributed by atoms with E-state index in [1.807, 2.05) is 19.9 Å². The molecule has 1 aromatic carbocycles. The SMILES string of the molecule is CC(=O)Nc1ccc(N=Nc2c(N)nn(C(=O)c3sc4nc(C)cc(C)c4c3N)c2N)cc1. The van der Waals surface area contributed by atoms with Gasteiger partial charge in [-0.2, -0.15) is 9.80 Å². The van der Waals surface area contributed by atoms with Crippen molar-refractivity contribution in [2.45, 2.75) is 20.8 Å². The Balaban J connectivity index is 1.65. The van der Waals surface area contributed by atoms with Crippen molar-refractivity contribution in [2.75, 3.05) is 22.5 Å². The Morgan fingerprint density at radius 3 is 2.45 bits per heavy atom. The van der Waals surface area contributed by atoms with E-state index < -0.39 is 5.91 Å². The van der Waals surface area contributed by atoms with Gasteiger partial charge in [0.25, 0.3) is 5.91 Å². The average Bonchev–Trinajstić information content (AvgIpc) is 3.22. The standard InChI is InChI=1S/C21H21N9O2S/c1-9-8-10(2)25-20-14(9)15(22)17(33-20)21(32)30-19(24)16(18(23)29-30)28-27-13-6-4-12(5-7-13)26-11(3)31/h4-8H,22,24H2,1-3H3,(H2,23,29)(H,26,31). The second kappa shape index (κ2) is 8.31. The van der Waals surface area contributed by atoms with Crippen LogP contribution in [-0.2, 0) is 4.79 Å². The molecule has 0 saturated carbocycles. The van der Waals surface area contributed by atoms with Crippen LogP contribution in [0.5, 0.6) is 0 Å². The predicted molar refractivity (Wildman–Crippen MR) is 129 cm³/mol. The fraction of sp³-hybridized carbons (Fsp3) is 0.143. The normalized spacial score (nSPS) is 11.4. The minimum atomic E-state index is -0.530. The number of hydrogen-bond acceptors (Lipinski definition) is 10. The number of anilines is 4. The summed E-state index contributed by atoms with van der Waals surface area (Å²) in [5.74, 6) is -0.821. The summed E-state index contributed by atoms with van der Waals surface area (Å²) in [7, 11) is 0. The van der Waals surface area contributed by atoms with Gasteiger partial charge < -0.3 is 22.5 Å². The van der Waals surface area contributed by atoms with E-state index in [4.69, 9.17) is 17.2 Å². The van der Waals surface area contributed by atoms with Gasteiger partial charge >= 0.3 is 0 Å². The molecule has 11 nitrogen and oxygen atoms in total. The molecule has 168 valence electrons. The number of carbonyl (C=O) groups excluding carboxylic acids is 2. The number of nitrogen functional groups attached to an aromatic ring is 3. The monoisotopic (exact) mass is 463 g/mol. The van der Waals surface area contributed by atoms with Gasteiger partial charge in [0, 0.05) is 23.7 Å². The third-order valence-corrected chi connectivity index (χ3v) is 5.87. The number of amides is 1. The molecule has 0 aliphatic carbocycles. The van der Waals surface area contributed by atoms with Crippen molar-refractivity contribution in [3.8, 4) is 0 Å². The Morgan fingerprint density at radius 2 is 1.79 bits per heavy atom. The average molecular weight is 464 g/mol. The number of benzene rings is 1. The fourth-order valence-electron chi connectivity index (χ4n) is 3.34. The molecule has 0 spiro atoms. The van der Waals surface area contributed by atoms with E-state index in [2.05, 4.69) is 25.6 Å². The highest BCUT2D eigenvalue weighted by atomic mass is 32.1. The molecule has 0 unspecified atom stereocenters.